The number of hydrogen-bond acceptors (Lipinski definition) is 6. The molecular formula is C11H15N3O5S. The SMILES string of the molecule is CNc1cc(S(=O)(=O)NC2CCOC2)ccc1[N+](=O)[O-]. The van der Waals surface area contributed by atoms with Gasteiger partial charge in [-0.3, -0.25) is 10.1 Å². The minimum atomic E-state index is -3.71. The van der Waals surface area contributed by atoms with E-state index in [2.05, 4.69) is 10.0 Å². The van der Waals surface area contributed by atoms with Gasteiger partial charge in [-0.25, -0.2) is 13.1 Å². The molecule has 0 radical (unpaired) electrons. The summed E-state index contributed by atoms with van der Waals surface area (Å²) < 4.78 is 32.0. The van der Waals surface area contributed by atoms with Gasteiger partial charge in [0.1, 0.15) is 5.69 Å². The first-order chi connectivity index (χ1) is 9.44. The van der Waals surface area contributed by atoms with Crippen LogP contribution >= 0.6 is 0 Å². The van der Waals surface area contributed by atoms with Crippen LogP contribution in [-0.2, 0) is 14.8 Å². The maximum absolute atomic E-state index is 12.2. The first-order valence-corrected chi connectivity index (χ1v) is 7.48. The fraction of sp³-hybridized carbons (Fsp3) is 0.455. The number of sulfonamides is 1. The topological polar surface area (TPSA) is 111 Å². The van der Waals surface area contributed by atoms with Gasteiger partial charge < -0.3 is 10.1 Å². The van der Waals surface area contributed by atoms with Crippen LogP contribution in [0.2, 0.25) is 0 Å². The number of rotatable bonds is 5. The van der Waals surface area contributed by atoms with E-state index >= 15 is 0 Å². The molecule has 1 saturated heterocycles. The van der Waals surface area contributed by atoms with Crippen molar-refractivity contribution in [1.29, 1.82) is 0 Å². The molecule has 0 spiro atoms. The summed E-state index contributed by atoms with van der Waals surface area (Å²) in [5, 5.41) is 13.4. The standard InChI is InChI=1S/C11H15N3O5S/c1-12-10-6-9(2-3-11(10)14(15)16)20(17,18)13-8-4-5-19-7-8/h2-3,6,8,12-13H,4-5,7H2,1H3. The van der Waals surface area contributed by atoms with Gasteiger partial charge in [-0.15, -0.1) is 0 Å². The Kier molecular flexibility index (Phi) is 4.21. The lowest BCUT2D eigenvalue weighted by Crippen LogP contribution is -2.35. The predicted octanol–water partition coefficient (Wildman–Crippen LogP) is 0.704. The molecule has 0 saturated carbocycles. The summed E-state index contributed by atoms with van der Waals surface area (Å²) in [7, 11) is -2.21. The van der Waals surface area contributed by atoms with E-state index in [9.17, 15) is 18.5 Å². The second kappa shape index (κ2) is 5.73. The zero-order valence-corrected chi connectivity index (χ0v) is 11.6. The van der Waals surface area contributed by atoms with E-state index in [1.165, 1.54) is 25.2 Å². The van der Waals surface area contributed by atoms with E-state index in [-0.39, 0.29) is 22.3 Å². The zero-order chi connectivity index (χ0) is 14.8. The molecule has 110 valence electrons. The van der Waals surface area contributed by atoms with Gasteiger partial charge in [-0.2, -0.15) is 0 Å². The molecule has 1 heterocycles. The van der Waals surface area contributed by atoms with Crippen LogP contribution in [0.15, 0.2) is 23.1 Å². The van der Waals surface area contributed by atoms with Crippen molar-refractivity contribution < 1.29 is 18.1 Å². The van der Waals surface area contributed by atoms with Crippen LogP contribution in [0.3, 0.4) is 0 Å². The quantitative estimate of drug-likeness (QED) is 0.612. The zero-order valence-electron chi connectivity index (χ0n) is 10.8. The van der Waals surface area contributed by atoms with Gasteiger partial charge in [0.05, 0.1) is 16.4 Å². The number of nitrogens with zero attached hydrogens (tertiary/aromatic N) is 1. The van der Waals surface area contributed by atoms with Crippen molar-refractivity contribution in [2.75, 3.05) is 25.6 Å². The lowest BCUT2D eigenvalue weighted by Gasteiger charge is -2.12. The van der Waals surface area contributed by atoms with Gasteiger partial charge in [0.25, 0.3) is 5.69 Å². The fourth-order valence-corrected chi connectivity index (χ4v) is 3.24. The largest absolute Gasteiger partial charge is 0.383 e. The molecule has 0 aliphatic carbocycles. The molecule has 0 aromatic heterocycles. The second-order valence-corrected chi connectivity index (χ2v) is 6.08. The maximum atomic E-state index is 12.2. The number of benzene rings is 1. The highest BCUT2D eigenvalue weighted by Gasteiger charge is 2.25. The van der Waals surface area contributed by atoms with E-state index in [1.807, 2.05) is 0 Å². The summed E-state index contributed by atoms with van der Waals surface area (Å²) in [4.78, 5) is 10.2. The van der Waals surface area contributed by atoms with Crippen LogP contribution in [0, 0.1) is 10.1 Å². The third-order valence-electron chi connectivity index (χ3n) is 3.00. The fourth-order valence-electron chi connectivity index (χ4n) is 1.96. The molecular weight excluding hydrogens is 286 g/mol. The van der Waals surface area contributed by atoms with Crippen LogP contribution in [-0.4, -0.2) is 39.6 Å². The highest BCUT2D eigenvalue weighted by Crippen LogP contribution is 2.27. The molecule has 2 N–H and O–H groups in total. The van der Waals surface area contributed by atoms with Crippen molar-refractivity contribution >= 4 is 21.4 Å². The molecule has 9 heteroatoms. The van der Waals surface area contributed by atoms with Crippen molar-refractivity contribution in [1.82, 2.24) is 4.72 Å². The van der Waals surface area contributed by atoms with Crippen molar-refractivity contribution in [2.45, 2.75) is 17.4 Å². The van der Waals surface area contributed by atoms with Crippen LogP contribution in [0.25, 0.3) is 0 Å². The Morgan fingerprint density at radius 3 is 2.75 bits per heavy atom. The number of nitrogens with one attached hydrogen (secondary N) is 2. The normalized spacial score (nSPS) is 18.9. The van der Waals surface area contributed by atoms with E-state index in [4.69, 9.17) is 4.74 Å². The first kappa shape index (κ1) is 14.7. The van der Waals surface area contributed by atoms with Gasteiger partial charge in [0.2, 0.25) is 10.0 Å². The Hall–Kier alpha value is -1.71. The average molecular weight is 301 g/mol. The van der Waals surface area contributed by atoms with Crippen molar-refractivity contribution in [3.05, 3.63) is 28.3 Å². The molecule has 20 heavy (non-hydrogen) atoms. The Bertz CT molecular complexity index is 610. The minimum absolute atomic E-state index is 0.0145. The Morgan fingerprint density at radius 2 is 2.20 bits per heavy atom. The van der Waals surface area contributed by atoms with Gasteiger partial charge >= 0.3 is 0 Å². The molecule has 0 bridgehead atoms. The summed E-state index contributed by atoms with van der Waals surface area (Å²) in [6.07, 6.45) is 0.616. The summed E-state index contributed by atoms with van der Waals surface area (Å²) in [6.45, 7) is 0.861. The van der Waals surface area contributed by atoms with Crippen LogP contribution in [0.4, 0.5) is 11.4 Å². The number of anilines is 1. The van der Waals surface area contributed by atoms with Crippen molar-refractivity contribution in [3.63, 3.8) is 0 Å². The van der Waals surface area contributed by atoms with Gasteiger partial charge in [-0.1, -0.05) is 0 Å². The predicted molar refractivity (Wildman–Crippen MR) is 72.2 cm³/mol. The summed E-state index contributed by atoms with van der Waals surface area (Å²) >= 11 is 0. The lowest BCUT2D eigenvalue weighted by molar-refractivity contribution is -0.384. The molecule has 1 atom stereocenters. The van der Waals surface area contributed by atoms with E-state index in [0.717, 1.165) is 0 Å². The smallest absolute Gasteiger partial charge is 0.292 e. The minimum Gasteiger partial charge on any atom is -0.383 e. The third-order valence-corrected chi connectivity index (χ3v) is 4.51. The molecule has 1 aliphatic rings. The summed E-state index contributed by atoms with van der Waals surface area (Å²) in [5.41, 5.74) is -0.0174. The Morgan fingerprint density at radius 1 is 1.45 bits per heavy atom. The maximum Gasteiger partial charge on any atom is 0.292 e. The molecule has 1 aromatic carbocycles. The monoisotopic (exact) mass is 301 g/mol. The molecule has 2 rings (SSSR count). The summed E-state index contributed by atoms with van der Waals surface area (Å²) in [6, 6.07) is 3.38. The van der Waals surface area contributed by atoms with Crippen molar-refractivity contribution in [3.8, 4) is 0 Å². The van der Waals surface area contributed by atoms with Crippen LogP contribution < -0.4 is 10.0 Å². The highest BCUT2D eigenvalue weighted by atomic mass is 32.2. The van der Waals surface area contributed by atoms with Crippen molar-refractivity contribution in [2.24, 2.45) is 0 Å². The number of nitro benzene ring substituents is 1. The highest BCUT2D eigenvalue weighted by molar-refractivity contribution is 7.89. The third kappa shape index (κ3) is 3.06. The van der Waals surface area contributed by atoms with Gasteiger partial charge in [-0.05, 0) is 18.6 Å². The molecule has 0 amide bonds. The van der Waals surface area contributed by atoms with Crippen LogP contribution in [0.5, 0.6) is 0 Å². The molecule has 1 unspecified atom stereocenters. The Balaban J connectivity index is 2.29. The van der Waals surface area contributed by atoms with Crippen LogP contribution in [0.1, 0.15) is 6.42 Å². The second-order valence-electron chi connectivity index (χ2n) is 4.37. The average Bonchev–Trinajstić information content (AvgIpc) is 2.89. The molecule has 1 aromatic rings. The van der Waals surface area contributed by atoms with E-state index in [0.29, 0.717) is 19.6 Å². The first-order valence-electron chi connectivity index (χ1n) is 6.00. The number of nitro groups is 1. The number of ether oxygens (including phenoxy) is 1. The van der Waals surface area contributed by atoms with Gasteiger partial charge in [0, 0.05) is 25.8 Å². The molecule has 1 fully saturated rings. The lowest BCUT2D eigenvalue weighted by atomic mass is 10.3. The van der Waals surface area contributed by atoms with E-state index < -0.39 is 14.9 Å². The molecule has 1 aliphatic heterocycles. The number of hydrogen-bond donors (Lipinski definition) is 2. The van der Waals surface area contributed by atoms with Gasteiger partial charge in [0.15, 0.2) is 0 Å². The summed E-state index contributed by atoms with van der Waals surface area (Å²) in [5.74, 6) is 0. The molecule has 8 nitrogen and oxygen atoms in total. The van der Waals surface area contributed by atoms with E-state index in [1.54, 1.807) is 0 Å². The Labute approximate surface area is 116 Å².